The van der Waals surface area contributed by atoms with Crippen LogP contribution < -0.4 is 5.32 Å². The molecule has 0 unspecified atom stereocenters. The Morgan fingerprint density at radius 2 is 1.87 bits per heavy atom. The van der Waals surface area contributed by atoms with Crippen LogP contribution in [0, 0.1) is 19.7 Å². The standard InChI is InChI=1S/C20H25FN4O4S2/c1-13-16(14(2)23-20(22-13)30-3)5-7-19(26)24-15-4-6-17(21)18(12-15)31(27,28)25-8-10-29-11-9-25/h4,6,12H,5,7-11H2,1-3H3,(H,24,26). The van der Waals surface area contributed by atoms with Crippen LogP contribution >= 0.6 is 11.8 Å². The molecule has 3 rings (SSSR count). The van der Waals surface area contributed by atoms with E-state index in [2.05, 4.69) is 15.3 Å². The fourth-order valence-corrected chi connectivity index (χ4v) is 5.28. The zero-order valence-corrected chi connectivity index (χ0v) is 19.3. The van der Waals surface area contributed by atoms with Crippen molar-refractivity contribution < 1.29 is 22.3 Å². The summed E-state index contributed by atoms with van der Waals surface area (Å²) < 4.78 is 46.2. The number of nitrogens with one attached hydrogen (secondary N) is 1. The Kier molecular flexibility index (Phi) is 7.63. The Hall–Kier alpha value is -2.08. The molecule has 1 aliphatic heterocycles. The number of benzene rings is 1. The molecule has 11 heteroatoms. The molecule has 1 N–H and O–H groups in total. The fraction of sp³-hybridized carbons (Fsp3) is 0.450. The summed E-state index contributed by atoms with van der Waals surface area (Å²) in [6.07, 6.45) is 2.50. The number of ether oxygens (including phenoxy) is 1. The van der Waals surface area contributed by atoms with Crippen LogP contribution in [0.25, 0.3) is 0 Å². The number of sulfonamides is 1. The van der Waals surface area contributed by atoms with Crippen LogP contribution in [0.5, 0.6) is 0 Å². The number of hydrogen-bond acceptors (Lipinski definition) is 7. The monoisotopic (exact) mass is 468 g/mol. The molecule has 0 bridgehead atoms. The van der Waals surface area contributed by atoms with Gasteiger partial charge in [0.2, 0.25) is 15.9 Å². The Balaban J connectivity index is 1.70. The van der Waals surface area contributed by atoms with Crippen LogP contribution in [0.4, 0.5) is 10.1 Å². The number of thioether (sulfide) groups is 1. The third-order valence-corrected chi connectivity index (χ3v) is 7.45. The third-order valence-electron chi connectivity index (χ3n) is 4.99. The van der Waals surface area contributed by atoms with Crippen LogP contribution in [0.2, 0.25) is 0 Å². The number of halogens is 1. The lowest BCUT2D eigenvalue weighted by atomic mass is 10.1. The zero-order chi connectivity index (χ0) is 22.6. The lowest BCUT2D eigenvalue weighted by Gasteiger charge is -2.26. The van der Waals surface area contributed by atoms with Gasteiger partial charge in [0.15, 0.2) is 5.16 Å². The van der Waals surface area contributed by atoms with E-state index in [1.165, 1.54) is 22.1 Å². The van der Waals surface area contributed by atoms with Gasteiger partial charge in [-0.3, -0.25) is 4.79 Å². The molecule has 1 aromatic carbocycles. The second kappa shape index (κ2) is 10.0. The van der Waals surface area contributed by atoms with Crippen molar-refractivity contribution in [3.63, 3.8) is 0 Å². The molecule has 0 aliphatic carbocycles. The molecule has 2 aromatic rings. The molecule has 1 aromatic heterocycles. The predicted octanol–water partition coefficient (Wildman–Crippen LogP) is 2.55. The largest absolute Gasteiger partial charge is 0.379 e. The van der Waals surface area contributed by atoms with E-state index in [0.29, 0.717) is 11.6 Å². The van der Waals surface area contributed by atoms with Crippen molar-refractivity contribution in [3.8, 4) is 0 Å². The summed E-state index contributed by atoms with van der Waals surface area (Å²) in [4.78, 5) is 20.8. The van der Waals surface area contributed by atoms with Crippen molar-refractivity contribution >= 4 is 33.4 Å². The number of aromatic nitrogens is 2. The molecule has 8 nitrogen and oxygen atoms in total. The molecule has 1 aliphatic rings. The predicted molar refractivity (Wildman–Crippen MR) is 116 cm³/mol. The van der Waals surface area contributed by atoms with E-state index in [-0.39, 0.29) is 44.3 Å². The second-order valence-corrected chi connectivity index (χ2v) is 9.75. The highest BCUT2D eigenvalue weighted by Crippen LogP contribution is 2.24. The zero-order valence-electron chi connectivity index (χ0n) is 17.6. The Labute approximate surface area is 185 Å². The minimum absolute atomic E-state index is 0.159. The fourth-order valence-electron chi connectivity index (χ4n) is 3.33. The van der Waals surface area contributed by atoms with Gasteiger partial charge in [-0.2, -0.15) is 4.31 Å². The van der Waals surface area contributed by atoms with Gasteiger partial charge >= 0.3 is 0 Å². The quantitative estimate of drug-likeness (QED) is 0.492. The molecule has 0 spiro atoms. The Bertz CT molecular complexity index is 1050. The number of aryl methyl sites for hydroxylation is 2. The van der Waals surface area contributed by atoms with Crippen LogP contribution in [-0.4, -0.2) is 61.2 Å². The lowest BCUT2D eigenvalue weighted by molar-refractivity contribution is -0.116. The molecular formula is C20H25FN4O4S2. The van der Waals surface area contributed by atoms with E-state index in [9.17, 15) is 17.6 Å². The van der Waals surface area contributed by atoms with Gasteiger partial charge in [0.1, 0.15) is 10.7 Å². The summed E-state index contributed by atoms with van der Waals surface area (Å²) in [5, 5.41) is 3.34. The number of nitrogens with zero attached hydrogens (tertiary/aromatic N) is 3. The summed E-state index contributed by atoms with van der Waals surface area (Å²) in [5.74, 6) is -1.17. The van der Waals surface area contributed by atoms with E-state index in [4.69, 9.17) is 4.74 Å². The summed E-state index contributed by atoms with van der Waals surface area (Å²) in [5.41, 5.74) is 2.78. The topological polar surface area (TPSA) is 101 Å². The highest BCUT2D eigenvalue weighted by atomic mass is 32.2. The number of carbonyl (C=O) groups is 1. The molecule has 2 heterocycles. The SMILES string of the molecule is CSc1nc(C)c(CCC(=O)Nc2ccc(F)c(S(=O)(=O)N3CCOCC3)c2)c(C)n1. The van der Waals surface area contributed by atoms with Gasteiger partial charge in [-0.05, 0) is 50.3 Å². The average molecular weight is 469 g/mol. The van der Waals surface area contributed by atoms with E-state index in [1.54, 1.807) is 0 Å². The van der Waals surface area contributed by atoms with Crippen LogP contribution in [0.1, 0.15) is 23.4 Å². The molecular weight excluding hydrogens is 443 g/mol. The van der Waals surface area contributed by atoms with Gasteiger partial charge in [0, 0.05) is 36.6 Å². The second-order valence-electron chi connectivity index (χ2n) is 7.07. The summed E-state index contributed by atoms with van der Waals surface area (Å²) in [7, 11) is -4.02. The van der Waals surface area contributed by atoms with Gasteiger partial charge in [-0.1, -0.05) is 11.8 Å². The highest BCUT2D eigenvalue weighted by Gasteiger charge is 2.29. The van der Waals surface area contributed by atoms with Gasteiger partial charge < -0.3 is 10.1 Å². The van der Waals surface area contributed by atoms with Crippen molar-refractivity contribution in [3.05, 3.63) is 41.0 Å². The summed E-state index contributed by atoms with van der Waals surface area (Å²) >= 11 is 1.45. The summed E-state index contributed by atoms with van der Waals surface area (Å²) in [6.45, 7) is 4.60. The maximum Gasteiger partial charge on any atom is 0.246 e. The summed E-state index contributed by atoms with van der Waals surface area (Å²) in [6, 6.07) is 3.55. The van der Waals surface area contributed by atoms with Gasteiger partial charge in [-0.15, -0.1) is 0 Å². The molecule has 0 saturated carbocycles. The van der Waals surface area contributed by atoms with Gasteiger partial charge in [0.25, 0.3) is 0 Å². The van der Waals surface area contributed by atoms with Crippen LogP contribution in [-0.2, 0) is 26.0 Å². The minimum Gasteiger partial charge on any atom is -0.379 e. The molecule has 0 radical (unpaired) electrons. The number of anilines is 1. The number of carbonyl (C=O) groups excluding carboxylic acids is 1. The van der Waals surface area contributed by atoms with Crippen molar-refractivity contribution in [2.75, 3.05) is 37.9 Å². The Morgan fingerprint density at radius 1 is 1.23 bits per heavy atom. The normalized spacial score (nSPS) is 15.1. The molecule has 1 amide bonds. The van der Waals surface area contributed by atoms with Crippen molar-refractivity contribution in [2.45, 2.75) is 36.7 Å². The molecule has 1 saturated heterocycles. The van der Waals surface area contributed by atoms with Gasteiger partial charge in [-0.25, -0.2) is 22.8 Å². The van der Waals surface area contributed by atoms with E-state index in [0.717, 1.165) is 29.1 Å². The number of hydrogen-bond donors (Lipinski definition) is 1. The number of morpholine rings is 1. The number of rotatable bonds is 7. The molecule has 31 heavy (non-hydrogen) atoms. The maximum atomic E-state index is 14.3. The van der Waals surface area contributed by atoms with Crippen LogP contribution in [0.3, 0.4) is 0 Å². The first-order chi connectivity index (χ1) is 14.7. The first-order valence-electron chi connectivity index (χ1n) is 9.77. The molecule has 168 valence electrons. The van der Waals surface area contributed by atoms with Crippen molar-refractivity contribution in [1.82, 2.24) is 14.3 Å². The van der Waals surface area contributed by atoms with Crippen molar-refractivity contribution in [1.29, 1.82) is 0 Å². The minimum atomic E-state index is -4.02. The maximum absolute atomic E-state index is 14.3. The average Bonchev–Trinajstić information content (AvgIpc) is 2.74. The Morgan fingerprint density at radius 3 is 2.48 bits per heavy atom. The smallest absolute Gasteiger partial charge is 0.246 e. The lowest BCUT2D eigenvalue weighted by Crippen LogP contribution is -2.40. The van der Waals surface area contributed by atoms with Crippen molar-refractivity contribution in [2.24, 2.45) is 0 Å². The third kappa shape index (κ3) is 5.59. The molecule has 1 fully saturated rings. The molecule has 0 atom stereocenters. The van der Waals surface area contributed by atoms with Crippen LogP contribution in [0.15, 0.2) is 28.3 Å². The van der Waals surface area contributed by atoms with E-state index < -0.39 is 20.7 Å². The van der Waals surface area contributed by atoms with E-state index >= 15 is 0 Å². The van der Waals surface area contributed by atoms with Gasteiger partial charge in [0.05, 0.1) is 13.2 Å². The first kappa shape index (κ1) is 23.6. The first-order valence-corrected chi connectivity index (χ1v) is 12.4. The number of amides is 1. The highest BCUT2D eigenvalue weighted by molar-refractivity contribution is 7.98. The van der Waals surface area contributed by atoms with E-state index in [1.807, 2.05) is 20.1 Å².